The zero-order chi connectivity index (χ0) is 50.6. The van der Waals surface area contributed by atoms with Crippen molar-refractivity contribution in [3.8, 4) is 0 Å². The number of hydrogen-bond donors (Lipinski definition) is 2. The number of nitrogens with zero attached hydrogens (tertiary/aromatic N) is 1. The molecule has 0 aliphatic heterocycles. The van der Waals surface area contributed by atoms with Gasteiger partial charge in [0.1, 0.15) is 13.2 Å². The molecule has 0 spiro atoms. The van der Waals surface area contributed by atoms with Crippen LogP contribution in [0.1, 0.15) is 303 Å². The maximum Gasteiger partial charge on any atom is 0.268 e. The van der Waals surface area contributed by atoms with Crippen LogP contribution in [-0.4, -0.2) is 68.5 Å². The summed E-state index contributed by atoms with van der Waals surface area (Å²) in [5.74, 6) is -0.202. The maximum atomic E-state index is 12.9. The number of amides is 1. The Hall–Kier alpha value is -1.02. The molecule has 0 aliphatic rings. The highest BCUT2D eigenvalue weighted by Crippen LogP contribution is 2.38. The summed E-state index contributed by atoms with van der Waals surface area (Å²) in [5.41, 5.74) is 0. The molecule has 1 amide bonds. The van der Waals surface area contributed by atoms with Gasteiger partial charge < -0.3 is 28.8 Å². The lowest BCUT2D eigenvalue weighted by Crippen LogP contribution is -2.45. The Morgan fingerprint density at radius 1 is 0.493 bits per heavy atom. The van der Waals surface area contributed by atoms with Gasteiger partial charge in [0.15, 0.2) is 0 Å². The number of nitrogens with one attached hydrogen (secondary N) is 1. The number of rotatable bonds is 56. The number of unbranched alkanes of at least 4 members (excludes halogenated alkanes) is 41. The van der Waals surface area contributed by atoms with Crippen molar-refractivity contribution < 1.29 is 32.9 Å². The second kappa shape index (κ2) is 51.9. The number of quaternary nitrogens is 1. The topological polar surface area (TPSA) is 108 Å². The summed E-state index contributed by atoms with van der Waals surface area (Å²) in [5, 5.41) is 13.8. The van der Waals surface area contributed by atoms with Crippen LogP contribution in [-0.2, 0) is 18.4 Å². The Labute approximate surface area is 430 Å². The fourth-order valence-corrected chi connectivity index (χ4v) is 9.90. The zero-order valence-electron chi connectivity index (χ0n) is 46.8. The van der Waals surface area contributed by atoms with Crippen LogP contribution in [0, 0.1) is 0 Å². The Morgan fingerprint density at radius 2 is 0.812 bits per heavy atom. The Bertz CT molecular complexity index is 1170. The van der Waals surface area contributed by atoms with E-state index in [0.717, 1.165) is 38.5 Å². The van der Waals surface area contributed by atoms with Crippen LogP contribution in [0.15, 0.2) is 24.3 Å². The van der Waals surface area contributed by atoms with Crippen LogP contribution in [0.4, 0.5) is 0 Å². The van der Waals surface area contributed by atoms with Gasteiger partial charge in [-0.3, -0.25) is 9.36 Å². The van der Waals surface area contributed by atoms with Gasteiger partial charge in [-0.15, -0.1) is 0 Å². The van der Waals surface area contributed by atoms with E-state index in [1.54, 1.807) is 6.08 Å². The molecule has 0 aromatic heterocycles. The molecule has 8 nitrogen and oxygen atoms in total. The van der Waals surface area contributed by atoms with Crippen molar-refractivity contribution in [2.75, 3.05) is 40.9 Å². The number of carbonyl (C=O) groups excluding carboxylic acids is 1. The molecular weight excluding hydrogens is 876 g/mol. The summed E-state index contributed by atoms with van der Waals surface area (Å²) in [6, 6.07) is -0.899. The number of phosphoric ester groups is 1. The van der Waals surface area contributed by atoms with Gasteiger partial charge in [-0.2, -0.15) is 0 Å². The second-order valence-corrected chi connectivity index (χ2v) is 23.5. The number of aliphatic hydroxyl groups excluding tert-OH is 1. The van der Waals surface area contributed by atoms with E-state index >= 15 is 0 Å². The first kappa shape index (κ1) is 68.0. The van der Waals surface area contributed by atoms with Crippen LogP contribution in [0.2, 0.25) is 0 Å². The first-order valence-electron chi connectivity index (χ1n) is 30.2. The van der Waals surface area contributed by atoms with Gasteiger partial charge >= 0.3 is 0 Å². The lowest BCUT2D eigenvalue weighted by atomic mass is 10.0. The van der Waals surface area contributed by atoms with Gasteiger partial charge in [-0.1, -0.05) is 289 Å². The third-order valence-corrected chi connectivity index (χ3v) is 14.9. The van der Waals surface area contributed by atoms with Crippen LogP contribution in [0.25, 0.3) is 0 Å². The highest BCUT2D eigenvalue weighted by Gasteiger charge is 2.23. The molecule has 0 aliphatic carbocycles. The summed E-state index contributed by atoms with van der Waals surface area (Å²) in [6.07, 6.45) is 65.9. The summed E-state index contributed by atoms with van der Waals surface area (Å²) >= 11 is 0. The van der Waals surface area contributed by atoms with Crippen LogP contribution >= 0.6 is 7.82 Å². The van der Waals surface area contributed by atoms with Crippen molar-refractivity contribution in [2.45, 2.75) is 315 Å². The number of aliphatic hydroxyl groups is 1. The monoisotopic (exact) mass is 995 g/mol. The summed E-state index contributed by atoms with van der Waals surface area (Å²) in [7, 11) is 1.26. The molecule has 0 fully saturated rings. The maximum absolute atomic E-state index is 12.9. The van der Waals surface area contributed by atoms with E-state index in [0.29, 0.717) is 17.4 Å². The fraction of sp³-hybridized carbons (Fsp3) is 0.917. The van der Waals surface area contributed by atoms with Gasteiger partial charge in [0.2, 0.25) is 5.91 Å². The quantitative estimate of drug-likeness (QED) is 0.0272. The molecule has 0 aromatic carbocycles. The number of phosphoric acid groups is 1. The summed E-state index contributed by atoms with van der Waals surface area (Å²) < 4.78 is 23.3. The molecule has 0 radical (unpaired) electrons. The predicted molar refractivity (Wildman–Crippen MR) is 298 cm³/mol. The van der Waals surface area contributed by atoms with Crippen molar-refractivity contribution in [1.82, 2.24) is 5.32 Å². The smallest absolute Gasteiger partial charge is 0.268 e. The molecule has 9 heteroatoms. The first-order chi connectivity index (χ1) is 33.5. The molecule has 0 aromatic rings. The number of allylic oxidation sites excluding steroid dienone is 3. The van der Waals surface area contributed by atoms with E-state index in [4.69, 9.17) is 9.05 Å². The number of hydrogen-bond acceptors (Lipinski definition) is 6. The SMILES string of the molecule is CCCCCCCC/C=C/CC/C=C/C(O)C(COP(=O)([O-])OCC[N+](C)(C)C)NC(=O)CCCCCCCCCCCCCCCCCCCCCCCCCCCCCCCCCCCCC. The standard InChI is InChI=1S/C60H119N2O6P/c1-6-8-10-12-14-16-18-20-21-22-23-24-25-26-27-28-29-30-31-32-33-34-35-36-37-38-39-40-41-42-44-46-48-50-52-54-60(64)61-58(57-68-69(65,66)67-56-55-62(3,4)5)59(63)53-51-49-47-45-43-19-17-15-13-11-9-7-2/h43,45,51,53,58-59,63H,6-42,44,46-50,52,54-57H2,1-5H3,(H-,61,64,65,66)/b45-43+,53-51+. The number of carbonyl (C=O) groups is 1. The van der Waals surface area contributed by atoms with Gasteiger partial charge in [-0.05, 0) is 32.1 Å². The minimum absolute atomic E-state index is 0.00408. The van der Waals surface area contributed by atoms with Gasteiger partial charge in [0.25, 0.3) is 7.82 Å². The molecule has 3 atom stereocenters. The Balaban J connectivity index is 3.90. The van der Waals surface area contributed by atoms with Crippen LogP contribution in [0.5, 0.6) is 0 Å². The van der Waals surface area contributed by atoms with Crippen molar-refractivity contribution in [1.29, 1.82) is 0 Å². The van der Waals surface area contributed by atoms with Crippen LogP contribution < -0.4 is 10.2 Å². The molecule has 3 unspecified atom stereocenters. The van der Waals surface area contributed by atoms with Crippen molar-refractivity contribution in [3.63, 3.8) is 0 Å². The molecule has 0 bridgehead atoms. The van der Waals surface area contributed by atoms with E-state index in [2.05, 4.69) is 31.3 Å². The predicted octanol–water partition coefficient (Wildman–Crippen LogP) is 17.7. The summed E-state index contributed by atoms with van der Waals surface area (Å²) in [6.45, 7) is 4.64. The average molecular weight is 996 g/mol. The lowest BCUT2D eigenvalue weighted by Gasteiger charge is -2.29. The molecule has 69 heavy (non-hydrogen) atoms. The summed E-state index contributed by atoms with van der Waals surface area (Å²) in [4.78, 5) is 25.4. The second-order valence-electron chi connectivity index (χ2n) is 22.1. The highest BCUT2D eigenvalue weighted by molar-refractivity contribution is 7.45. The van der Waals surface area contributed by atoms with Crippen LogP contribution in [0.3, 0.4) is 0 Å². The minimum Gasteiger partial charge on any atom is -0.756 e. The minimum atomic E-state index is -4.60. The van der Waals surface area contributed by atoms with Crippen molar-refractivity contribution >= 4 is 13.7 Å². The van der Waals surface area contributed by atoms with Gasteiger partial charge in [-0.25, -0.2) is 0 Å². The molecule has 410 valence electrons. The zero-order valence-corrected chi connectivity index (χ0v) is 47.7. The fourth-order valence-electron chi connectivity index (χ4n) is 9.17. The molecule has 0 heterocycles. The molecule has 2 N–H and O–H groups in total. The first-order valence-corrected chi connectivity index (χ1v) is 31.7. The molecule has 0 saturated heterocycles. The van der Waals surface area contributed by atoms with Gasteiger partial charge in [0.05, 0.1) is 39.9 Å². The number of likely N-dealkylation sites (N-methyl/N-ethyl adjacent to an activating group) is 1. The lowest BCUT2D eigenvalue weighted by molar-refractivity contribution is -0.870. The molecule has 0 saturated carbocycles. The van der Waals surface area contributed by atoms with Gasteiger partial charge in [0, 0.05) is 6.42 Å². The average Bonchev–Trinajstić information content (AvgIpc) is 3.31. The highest BCUT2D eigenvalue weighted by atomic mass is 31.2. The van der Waals surface area contributed by atoms with E-state index in [9.17, 15) is 19.4 Å². The van der Waals surface area contributed by atoms with E-state index in [1.165, 1.54) is 244 Å². The normalized spacial score (nSPS) is 14.0. The molecule has 0 rings (SSSR count). The Morgan fingerprint density at radius 3 is 1.17 bits per heavy atom. The van der Waals surface area contributed by atoms with E-state index in [-0.39, 0.29) is 19.1 Å². The van der Waals surface area contributed by atoms with Crippen molar-refractivity contribution in [3.05, 3.63) is 24.3 Å². The van der Waals surface area contributed by atoms with E-state index < -0.39 is 20.0 Å². The largest absolute Gasteiger partial charge is 0.756 e. The third kappa shape index (κ3) is 54.6. The Kier molecular flexibility index (Phi) is 51.1. The third-order valence-electron chi connectivity index (χ3n) is 13.9. The van der Waals surface area contributed by atoms with E-state index in [1.807, 2.05) is 27.2 Å². The molecular formula is C60H119N2O6P. The van der Waals surface area contributed by atoms with Crippen molar-refractivity contribution in [2.24, 2.45) is 0 Å².